The van der Waals surface area contributed by atoms with Crippen molar-refractivity contribution in [3.8, 4) is 11.5 Å². The molecule has 190 valence electrons. The number of fused-ring (bicyclic) bond motifs is 1. The Morgan fingerprint density at radius 2 is 1.65 bits per heavy atom. The van der Waals surface area contributed by atoms with Gasteiger partial charge in [0.25, 0.3) is 5.91 Å². The van der Waals surface area contributed by atoms with E-state index in [9.17, 15) is 14.4 Å². The molecule has 3 aromatic carbocycles. The highest BCUT2D eigenvalue weighted by Crippen LogP contribution is 2.37. The molecular weight excluding hydrogens is 470 g/mol. The number of carbonyl (C=O) groups is 3. The van der Waals surface area contributed by atoms with Crippen LogP contribution >= 0.6 is 0 Å². The Bertz CT molecular complexity index is 1370. The van der Waals surface area contributed by atoms with Crippen molar-refractivity contribution in [1.82, 2.24) is 15.1 Å². The molecule has 5 rings (SSSR count). The third-order valence-corrected chi connectivity index (χ3v) is 7.00. The summed E-state index contributed by atoms with van der Waals surface area (Å²) >= 11 is 0. The van der Waals surface area contributed by atoms with E-state index < -0.39 is 17.5 Å². The molecule has 0 aromatic heterocycles. The minimum atomic E-state index is -1.41. The molecule has 1 unspecified atom stereocenters. The number of nitrogens with one attached hydrogen (secondary N) is 1. The number of imide groups is 1. The molecule has 2 heterocycles. The van der Waals surface area contributed by atoms with Gasteiger partial charge >= 0.3 is 6.03 Å². The van der Waals surface area contributed by atoms with Crippen molar-refractivity contribution >= 4 is 17.8 Å². The lowest BCUT2D eigenvalue weighted by Crippen LogP contribution is -2.46. The molecule has 1 N–H and O–H groups in total. The molecule has 1 atom stereocenters. The van der Waals surface area contributed by atoms with E-state index in [4.69, 9.17) is 9.47 Å². The fourth-order valence-electron chi connectivity index (χ4n) is 4.74. The van der Waals surface area contributed by atoms with Crippen LogP contribution in [0.4, 0.5) is 4.79 Å². The second kappa shape index (κ2) is 9.61. The number of hydrogen-bond acceptors (Lipinski definition) is 5. The van der Waals surface area contributed by atoms with E-state index in [1.54, 1.807) is 7.05 Å². The van der Waals surface area contributed by atoms with Crippen LogP contribution in [-0.2, 0) is 21.7 Å². The highest BCUT2D eigenvalue weighted by atomic mass is 16.6. The molecule has 4 amide bonds. The summed E-state index contributed by atoms with van der Waals surface area (Å²) in [4.78, 5) is 42.8. The number of benzene rings is 3. The van der Waals surface area contributed by atoms with Crippen LogP contribution in [0.3, 0.4) is 0 Å². The molecule has 0 saturated carbocycles. The van der Waals surface area contributed by atoms with Crippen LogP contribution in [-0.4, -0.2) is 54.5 Å². The maximum absolute atomic E-state index is 14.0. The standard InChI is InChI=1S/C29H29N3O5/c1-19-9-11-23(15-20(19)2)29(22-7-5-4-6-8-22)27(34)32(28(35)30-29)18-26(33)31(3)17-21-10-12-24-25(16-21)37-14-13-36-24/h4-12,15-16H,13-14,17-18H2,1-3H3,(H,30,35). The first-order chi connectivity index (χ1) is 17.8. The van der Waals surface area contributed by atoms with Crippen molar-refractivity contribution in [3.05, 3.63) is 94.5 Å². The van der Waals surface area contributed by atoms with Crippen molar-refractivity contribution in [2.24, 2.45) is 0 Å². The average Bonchev–Trinajstić information content (AvgIpc) is 3.16. The zero-order valence-corrected chi connectivity index (χ0v) is 21.1. The number of ether oxygens (including phenoxy) is 2. The number of amides is 4. The van der Waals surface area contributed by atoms with Gasteiger partial charge in [-0.2, -0.15) is 0 Å². The molecule has 0 bridgehead atoms. The number of nitrogens with zero attached hydrogens (tertiary/aromatic N) is 2. The first-order valence-corrected chi connectivity index (χ1v) is 12.2. The average molecular weight is 500 g/mol. The van der Waals surface area contributed by atoms with Crippen molar-refractivity contribution in [2.45, 2.75) is 25.9 Å². The maximum atomic E-state index is 14.0. The highest BCUT2D eigenvalue weighted by molar-refractivity contribution is 6.11. The zero-order valence-electron chi connectivity index (χ0n) is 21.1. The van der Waals surface area contributed by atoms with E-state index in [1.807, 2.05) is 80.6 Å². The molecule has 1 fully saturated rings. The molecule has 37 heavy (non-hydrogen) atoms. The predicted molar refractivity (Wildman–Crippen MR) is 137 cm³/mol. The molecule has 2 aliphatic heterocycles. The quantitative estimate of drug-likeness (QED) is 0.525. The Hall–Kier alpha value is -4.33. The fraction of sp³-hybridized carbons (Fsp3) is 0.276. The van der Waals surface area contributed by atoms with E-state index in [0.29, 0.717) is 42.4 Å². The summed E-state index contributed by atoms with van der Waals surface area (Å²) in [5, 5.41) is 2.91. The number of hydrogen-bond donors (Lipinski definition) is 1. The molecule has 0 radical (unpaired) electrons. The predicted octanol–water partition coefficient (Wildman–Crippen LogP) is 3.53. The van der Waals surface area contributed by atoms with Gasteiger partial charge in [0.1, 0.15) is 19.8 Å². The number of likely N-dealkylation sites (N-methyl/N-ethyl adjacent to an activating group) is 1. The van der Waals surface area contributed by atoms with Crippen LogP contribution in [0.15, 0.2) is 66.7 Å². The van der Waals surface area contributed by atoms with Gasteiger partial charge in [0.15, 0.2) is 17.0 Å². The summed E-state index contributed by atoms with van der Waals surface area (Å²) in [7, 11) is 1.64. The van der Waals surface area contributed by atoms with Gasteiger partial charge in [-0.05, 0) is 53.8 Å². The van der Waals surface area contributed by atoms with E-state index in [1.165, 1.54) is 4.90 Å². The van der Waals surface area contributed by atoms with Crippen molar-refractivity contribution in [1.29, 1.82) is 0 Å². The zero-order chi connectivity index (χ0) is 26.2. The number of aryl methyl sites for hydroxylation is 2. The fourth-order valence-corrected chi connectivity index (χ4v) is 4.74. The van der Waals surface area contributed by atoms with Crippen LogP contribution in [0.2, 0.25) is 0 Å². The van der Waals surface area contributed by atoms with Crippen LogP contribution in [0.25, 0.3) is 0 Å². The van der Waals surface area contributed by atoms with Gasteiger partial charge in [0, 0.05) is 13.6 Å². The van der Waals surface area contributed by atoms with Gasteiger partial charge in [-0.3, -0.25) is 14.5 Å². The van der Waals surface area contributed by atoms with Crippen LogP contribution in [0.5, 0.6) is 11.5 Å². The molecule has 1 saturated heterocycles. The lowest BCUT2D eigenvalue weighted by molar-refractivity contribution is -0.138. The van der Waals surface area contributed by atoms with Gasteiger partial charge < -0.3 is 19.7 Å². The van der Waals surface area contributed by atoms with Gasteiger partial charge in [-0.1, -0.05) is 54.6 Å². The minimum absolute atomic E-state index is 0.292. The third-order valence-electron chi connectivity index (χ3n) is 7.00. The lowest BCUT2D eigenvalue weighted by Gasteiger charge is -2.29. The Labute approximate surface area is 215 Å². The number of rotatable bonds is 6. The largest absolute Gasteiger partial charge is 0.486 e. The molecule has 8 heteroatoms. The van der Waals surface area contributed by atoms with Gasteiger partial charge in [-0.15, -0.1) is 0 Å². The topological polar surface area (TPSA) is 88.2 Å². The van der Waals surface area contributed by atoms with Crippen molar-refractivity contribution in [2.75, 3.05) is 26.8 Å². The second-order valence-electron chi connectivity index (χ2n) is 9.46. The molecule has 0 aliphatic carbocycles. The summed E-state index contributed by atoms with van der Waals surface area (Å²) in [5.74, 6) is 0.474. The summed E-state index contributed by atoms with van der Waals surface area (Å²) in [5.41, 5.74) is 2.81. The summed E-state index contributed by atoms with van der Waals surface area (Å²) in [6.45, 7) is 4.86. The van der Waals surface area contributed by atoms with E-state index in [0.717, 1.165) is 21.6 Å². The van der Waals surface area contributed by atoms with Gasteiger partial charge in [-0.25, -0.2) is 4.79 Å². The Morgan fingerprint density at radius 1 is 0.919 bits per heavy atom. The maximum Gasteiger partial charge on any atom is 0.326 e. The first kappa shape index (κ1) is 24.4. The Balaban J connectivity index is 1.39. The van der Waals surface area contributed by atoms with E-state index in [2.05, 4.69) is 5.32 Å². The summed E-state index contributed by atoms with van der Waals surface area (Å²) in [6, 6.07) is 19.8. The summed E-state index contributed by atoms with van der Waals surface area (Å²) < 4.78 is 11.2. The Kier molecular flexibility index (Phi) is 6.33. The third kappa shape index (κ3) is 4.39. The minimum Gasteiger partial charge on any atom is -0.486 e. The molecule has 0 spiro atoms. The second-order valence-corrected chi connectivity index (χ2v) is 9.46. The van der Waals surface area contributed by atoms with Crippen molar-refractivity contribution in [3.63, 3.8) is 0 Å². The molecule has 8 nitrogen and oxygen atoms in total. The van der Waals surface area contributed by atoms with Crippen molar-refractivity contribution < 1.29 is 23.9 Å². The highest BCUT2D eigenvalue weighted by Gasteiger charge is 2.54. The molecule has 2 aliphatic rings. The molecular formula is C29H29N3O5. The van der Waals surface area contributed by atoms with E-state index >= 15 is 0 Å². The summed E-state index contributed by atoms with van der Waals surface area (Å²) in [6.07, 6.45) is 0. The Morgan fingerprint density at radius 3 is 2.38 bits per heavy atom. The van der Waals surface area contributed by atoms with Gasteiger partial charge in [0.05, 0.1) is 0 Å². The SMILES string of the molecule is Cc1ccc(C2(c3ccccc3)NC(=O)N(CC(=O)N(C)Cc3ccc4c(c3)OCCO4)C2=O)cc1C. The number of carbonyl (C=O) groups excluding carboxylic acids is 3. The smallest absolute Gasteiger partial charge is 0.326 e. The first-order valence-electron chi connectivity index (χ1n) is 12.2. The monoisotopic (exact) mass is 499 g/mol. The normalized spacial score (nSPS) is 18.5. The van der Waals surface area contributed by atoms with Gasteiger partial charge in [0.2, 0.25) is 5.91 Å². The van der Waals surface area contributed by atoms with E-state index in [-0.39, 0.29) is 12.5 Å². The van der Waals surface area contributed by atoms with Crippen LogP contribution in [0, 0.1) is 13.8 Å². The van der Waals surface area contributed by atoms with Crippen LogP contribution in [0.1, 0.15) is 27.8 Å². The lowest BCUT2D eigenvalue weighted by atomic mass is 9.81. The number of urea groups is 1. The van der Waals surface area contributed by atoms with Crippen LogP contribution < -0.4 is 14.8 Å². The molecule has 3 aromatic rings.